The topological polar surface area (TPSA) is 55.1 Å². The Morgan fingerprint density at radius 3 is 2.22 bits per heavy atom. The van der Waals surface area contributed by atoms with Crippen LogP contribution in [0.4, 0.5) is 11.4 Å². The lowest BCUT2D eigenvalue weighted by atomic mass is 10.1. The van der Waals surface area contributed by atoms with Crippen molar-refractivity contribution in [3.8, 4) is 0 Å². The molecule has 0 spiro atoms. The number of hydrogen-bond donors (Lipinski definition) is 2. The van der Waals surface area contributed by atoms with Gasteiger partial charge < -0.3 is 11.1 Å². The van der Waals surface area contributed by atoms with Crippen LogP contribution in [0.1, 0.15) is 21.5 Å². The van der Waals surface area contributed by atoms with E-state index in [2.05, 4.69) is 5.32 Å². The highest BCUT2D eigenvalue weighted by atomic mass is 16.1. The Labute approximate surface area is 107 Å². The summed E-state index contributed by atoms with van der Waals surface area (Å²) in [5.41, 5.74) is 9.81. The summed E-state index contributed by atoms with van der Waals surface area (Å²) in [6.07, 6.45) is 0. The Morgan fingerprint density at radius 1 is 1.00 bits per heavy atom. The minimum absolute atomic E-state index is 0.184. The Hall–Kier alpha value is -2.29. The van der Waals surface area contributed by atoms with Crippen molar-refractivity contribution in [3.05, 3.63) is 59.2 Å². The minimum Gasteiger partial charge on any atom is -0.398 e. The Kier molecular flexibility index (Phi) is 3.33. The Morgan fingerprint density at radius 2 is 1.61 bits per heavy atom. The highest BCUT2D eigenvalue weighted by Crippen LogP contribution is 2.16. The maximum atomic E-state index is 12.0. The number of nitrogen functional groups attached to an aromatic ring is 1. The van der Waals surface area contributed by atoms with E-state index in [0.717, 1.165) is 16.8 Å². The Bertz CT molecular complexity index is 574. The summed E-state index contributed by atoms with van der Waals surface area (Å²) in [5, 5.41) is 2.83. The quantitative estimate of drug-likeness (QED) is 0.792. The predicted molar refractivity (Wildman–Crippen MR) is 74.7 cm³/mol. The van der Waals surface area contributed by atoms with E-state index < -0.39 is 0 Å². The average molecular weight is 240 g/mol. The molecule has 18 heavy (non-hydrogen) atoms. The van der Waals surface area contributed by atoms with Crippen LogP contribution in [0.2, 0.25) is 0 Å². The zero-order chi connectivity index (χ0) is 13.1. The molecule has 0 radical (unpaired) electrons. The van der Waals surface area contributed by atoms with E-state index in [1.807, 2.05) is 44.2 Å². The van der Waals surface area contributed by atoms with Gasteiger partial charge in [-0.25, -0.2) is 0 Å². The molecular formula is C15H16N2O. The molecule has 0 fully saturated rings. The first-order valence-electron chi connectivity index (χ1n) is 5.80. The van der Waals surface area contributed by atoms with E-state index in [1.54, 1.807) is 12.1 Å². The van der Waals surface area contributed by atoms with E-state index in [4.69, 9.17) is 5.73 Å². The second kappa shape index (κ2) is 4.92. The first-order chi connectivity index (χ1) is 8.56. The van der Waals surface area contributed by atoms with Crippen molar-refractivity contribution in [2.24, 2.45) is 0 Å². The maximum absolute atomic E-state index is 12.0. The lowest BCUT2D eigenvalue weighted by Gasteiger charge is -2.08. The number of anilines is 2. The van der Waals surface area contributed by atoms with Gasteiger partial charge in [-0.1, -0.05) is 23.8 Å². The van der Waals surface area contributed by atoms with Gasteiger partial charge in [0.15, 0.2) is 0 Å². The smallest absolute Gasteiger partial charge is 0.257 e. The molecule has 0 heterocycles. The number of carbonyl (C=O) groups is 1. The first-order valence-corrected chi connectivity index (χ1v) is 5.80. The molecule has 3 nitrogen and oxygen atoms in total. The van der Waals surface area contributed by atoms with Crippen LogP contribution in [0, 0.1) is 13.8 Å². The largest absolute Gasteiger partial charge is 0.398 e. The minimum atomic E-state index is -0.184. The van der Waals surface area contributed by atoms with Crippen molar-refractivity contribution in [1.82, 2.24) is 0 Å². The lowest BCUT2D eigenvalue weighted by molar-refractivity contribution is 0.102. The molecule has 2 rings (SSSR count). The predicted octanol–water partition coefficient (Wildman–Crippen LogP) is 3.14. The first kappa shape index (κ1) is 12.2. The molecule has 0 saturated heterocycles. The molecule has 2 aromatic rings. The van der Waals surface area contributed by atoms with Crippen molar-refractivity contribution < 1.29 is 4.79 Å². The zero-order valence-corrected chi connectivity index (χ0v) is 10.5. The SMILES string of the molecule is Cc1ccc(NC(=O)c2ccc(C)cc2N)cc1. The number of amides is 1. The molecule has 3 heteroatoms. The van der Waals surface area contributed by atoms with E-state index in [0.29, 0.717) is 11.3 Å². The van der Waals surface area contributed by atoms with Crippen LogP contribution in [0.15, 0.2) is 42.5 Å². The number of aryl methyl sites for hydroxylation is 2. The van der Waals surface area contributed by atoms with Gasteiger partial charge in [0.2, 0.25) is 0 Å². The number of nitrogens with one attached hydrogen (secondary N) is 1. The van der Waals surface area contributed by atoms with Crippen molar-refractivity contribution in [1.29, 1.82) is 0 Å². The highest BCUT2D eigenvalue weighted by molar-refractivity contribution is 6.07. The standard InChI is InChI=1S/C15H16N2O/c1-10-3-6-12(7-4-10)17-15(18)13-8-5-11(2)9-14(13)16/h3-9H,16H2,1-2H3,(H,17,18). The van der Waals surface area contributed by atoms with E-state index in [1.165, 1.54) is 0 Å². The molecule has 0 aliphatic carbocycles. The van der Waals surface area contributed by atoms with Crippen LogP contribution in [-0.2, 0) is 0 Å². The molecule has 0 bridgehead atoms. The van der Waals surface area contributed by atoms with Crippen molar-refractivity contribution in [2.75, 3.05) is 11.1 Å². The normalized spacial score (nSPS) is 10.1. The number of carbonyl (C=O) groups excluding carboxylic acids is 1. The average Bonchev–Trinajstić information content (AvgIpc) is 2.32. The van der Waals surface area contributed by atoms with Crippen LogP contribution in [0.3, 0.4) is 0 Å². The number of rotatable bonds is 2. The van der Waals surface area contributed by atoms with Gasteiger partial charge in [-0.15, -0.1) is 0 Å². The summed E-state index contributed by atoms with van der Waals surface area (Å²) < 4.78 is 0. The molecule has 0 unspecified atom stereocenters. The number of benzene rings is 2. The third-order valence-electron chi connectivity index (χ3n) is 2.76. The van der Waals surface area contributed by atoms with E-state index in [-0.39, 0.29) is 5.91 Å². The molecule has 0 aromatic heterocycles. The summed E-state index contributed by atoms with van der Waals surface area (Å²) in [4.78, 5) is 12.0. The van der Waals surface area contributed by atoms with Crippen LogP contribution in [0.5, 0.6) is 0 Å². The van der Waals surface area contributed by atoms with Gasteiger partial charge in [0.25, 0.3) is 5.91 Å². The van der Waals surface area contributed by atoms with Gasteiger partial charge in [-0.3, -0.25) is 4.79 Å². The van der Waals surface area contributed by atoms with Crippen molar-refractivity contribution in [2.45, 2.75) is 13.8 Å². The van der Waals surface area contributed by atoms with Crippen LogP contribution < -0.4 is 11.1 Å². The van der Waals surface area contributed by atoms with Gasteiger partial charge in [0.1, 0.15) is 0 Å². The van der Waals surface area contributed by atoms with Gasteiger partial charge in [0.05, 0.1) is 5.56 Å². The summed E-state index contributed by atoms with van der Waals surface area (Å²) in [5.74, 6) is -0.184. The Balaban J connectivity index is 2.19. The van der Waals surface area contributed by atoms with Crippen LogP contribution >= 0.6 is 0 Å². The van der Waals surface area contributed by atoms with Gasteiger partial charge in [-0.2, -0.15) is 0 Å². The third kappa shape index (κ3) is 2.69. The van der Waals surface area contributed by atoms with Crippen molar-refractivity contribution in [3.63, 3.8) is 0 Å². The third-order valence-corrected chi connectivity index (χ3v) is 2.76. The second-order valence-corrected chi connectivity index (χ2v) is 4.41. The van der Waals surface area contributed by atoms with Gasteiger partial charge >= 0.3 is 0 Å². The summed E-state index contributed by atoms with van der Waals surface area (Å²) >= 11 is 0. The summed E-state index contributed by atoms with van der Waals surface area (Å²) in [6.45, 7) is 3.95. The molecule has 92 valence electrons. The number of nitrogens with two attached hydrogens (primary N) is 1. The van der Waals surface area contributed by atoms with Crippen LogP contribution in [0.25, 0.3) is 0 Å². The van der Waals surface area contributed by atoms with Crippen LogP contribution in [-0.4, -0.2) is 5.91 Å². The molecule has 0 aliphatic heterocycles. The fourth-order valence-electron chi connectivity index (χ4n) is 1.72. The summed E-state index contributed by atoms with van der Waals surface area (Å²) in [6, 6.07) is 13.1. The molecular weight excluding hydrogens is 224 g/mol. The molecule has 0 aliphatic rings. The molecule has 1 amide bonds. The second-order valence-electron chi connectivity index (χ2n) is 4.41. The fourth-order valence-corrected chi connectivity index (χ4v) is 1.72. The van der Waals surface area contributed by atoms with Gasteiger partial charge in [0, 0.05) is 11.4 Å². The lowest BCUT2D eigenvalue weighted by Crippen LogP contribution is -2.14. The zero-order valence-electron chi connectivity index (χ0n) is 10.5. The molecule has 3 N–H and O–H groups in total. The van der Waals surface area contributed by atoms with Gasteiger partial charge in [-0.05, 0) is 43.7 Å². The highest BCUT2D eigenvalue weighted by Gasteiger charge is 2.09. The summed E-state index contributed by atoms with van der Waals surface area (Å²) in [7, 11) is 0. The monoisotopic (exact) mass is 240 g/mol. The van der Waals surface area contributed by atoms with Crippen molar-refractivity contribution >= 4 is 17.3 Å². The van der Waals surface area contributed by atoms with E-state index in [9.17, 15) is 4.79 Å². The maximum Gasteiger partial charge on any atom is 0.257 e. The molecule has 0 saturated carbocycles. The fraction of sp³-hybridized carbons (Fsp3) is 0.133. The number of hydrogen-bond acceptors (Lipinski definition) is 2. The molecule has 2 aromatic carbocycles. The molecule has 0 atom stereocenters. The van der Waals surface area contributed by atoms with E-state index >= 15 is 0 Å².